The molecule has 0 aliphatic carbocycles. The van der Waals surface area contributed by atoms with Crippen LogP contribution in [0.5, 0.6) is 11.5 Å². The Hall–Kier alpha value is -1.55. The van der Waals surface area contributed by atoms with E-state index in [4.69, 9.17) is 26.4 Å². The zero-order valence-corrected chi connectivity index (χ0v) is 16.1. The molecule has 0 fully saturated rings. The van der Waals surface area contributed by atoms with Crippen molar-refractivity contribution in [3.05, 3.63) is 32.5 Å². The van der Waals surface area contributed by atoms with Crippen LogP contribution in [-0.2, 0) is 9.53 Å². The maximum atomic E-state index is 12.2. The summed E-state index contributed by atoms with van der Waals surface area (Å²) in [6, 6.07) is 3.32. The summed E-state index contributed by atoms with van der Waals surface area (Å²) in [6.45, 7) is 1.79. The second kappa shape index (κ2) is 7.35. The molecule has 2 N–H and O–H groups in total. The van der Waals surface area contributed by atoms with Crippen molar-refractivity contribution >= 4 is 45.9 Å². The molecule has 0 aromatic heterocycles. The number of carbonyl (C=O) groups excluding carboxylic acids is 1. The lowest BCUT2D eigenvalue weighted by atomic mass is 9.95. The van der Waals surface area contributed by atoms with Crippen molar-refractivity contribution in [2.75, 3.05) is 21.3 Å². The SMILES string of the molecule is COC(=O)C1=C(C)NC(=S)NC1c1cc(I)c(OC)c(OC)c1. The molecular formula is C15H17IN2O4S. The summed E-state index contributed by atoms with van der Waals surface area (Å²) < 4.78 is 16.5. The number of rotatable bonds is 4. The first-order chi connectivity index (χ1) is 10.9. The first-order valence-corrected chi connectivity index (χ1v) is 8.19. The number of benzene rings is 1. The van der Waals surface area contributed by atoms with E-state index in [1.54, 1.807) is 21.1 Å². The van der Waals surface area contributed by atoms with E-state index in [1.807, 2.05) is 12.1 Å². The number of carbonyl (C=O) groups is 1. The lowest BCUT2D eigenvalue weighted by Gasteiger charge is -2.30. The Morgan fingerprint density at radius 1 is 1.26 bits per heavy atom. The first-order valence-electron chi connectivity index (χ1n) is 6.71. The molecule has 2 rings (SSSR count). The van der Waals surface area contributed by atoms with Crippen LogP contribution in [0, 0.1) is 3.57 Å². The summed E-state index contributed by atoms with van der Waals surface area (Å²) in [5.41, 5.74) is 1.97. The lowest BCUT2D eigenvalue weighted by molar-refractivity contribution is -0.136. The molecule has 124 valence electrons. The van der Waals surface area contributed by atoms with Crippen LogP contribution in [0.2, 0.25) is 0 Å². The van der Waals surface area contributed by atoms with Gasteiger partial charge in [-0.3, -0.25) is 0 Å². The molecule has 1 unspecified atom stereocenters. The molecule has 1 aliphatic rings. The predicted octanol–water partition coefficient (Wildman–Crippen LogP) is 2.27. The van der Waals surface area contributed by atoms with E-state index in [9.17, 15) is 4.79 Å². The first kappa shape index (κ1) is 17.8. The molecule has 1 aliphatic heterocycles. The van der Waals surface area contributed by atoms with Crippen molar-refractivity contribution in [3.63, 3.8) is 0 Å². The van der Waals surface area contributed by atoms with Gasteiger partial charge >= 0.3 is 5.97 Å². The predicted molar refractivity (Wildman–Crippen MR) is 98.6 cm³/mol. The average Bonchev–Trinajstić information content (AvgIpc) is 2.52. The fourth-order valence-electron chi connectivity index (χ4n) is 2.43. The molecule has 6 nitrogen and oxygen atoms in total. The maximum Gasteiger partial charge on any atom is 0.337 e. The Morgan fingerprint density at radius 2 is 1.96 bits per heavy atom. The van der Waals surface area contributed by atoms with E-state index in [-0.39, 0.29) is 0 Å². The molecule has 1 atom stereocenters. The van der Waals surface area contributed by atoms with Gasteiger partial charge in [-0.15, -0.1) is 0 Å². The molecule has 0 saturated carbocycles. The van der Waals surface area contributed by atoms with Crippen LogP contribution in [0.25, 0.3) is 0 Å². The van der Waals surface area contributed by atoms with Crippen molar-refractivity contribution in [1.29, 1.82) is 0 Å². The molecule has 8 heteroatoms. The molecule has 1 aromatic carbocycles. The van der Waals surface area contributed by atoms with Gasteiger partial charge in [-0.1, -0.05) is 0 Å². The Bertz CT molecular complexity index is 690. The molecule has 0 spiro atoms. The van der Waals surface area contributed by atoms with Crippen molar-refractivity contribution < 1.29 is 19.0 Å². The second-order valence-electron chi connectivity index (χ2n) is 4.80. The van der Waals surface area contributed by atoms with Gasteiger partial charge in [0.2, 0.25) is 0 Å². The molecule has 23 heavy (non-hydrogen) atoms. The molecule has 1 heterocycles. The number of allylic oxidation sites excluding steroid dienone is 1. The fraction of sp³-hybridized carbons (Fsp3) is 0.333. The summed E-state index contributed by atoms with van der Waals surface area (Å²) in [6.07, 6.45) is 0. The van der Waals surface area contributed by atoms with Gasteiger partial charge < -0.3 is 24.8 Å². The van der Waals surface area contributed by atoms with E-state index in [0.29, 0.717) is 27.9 Å². The summed E-state index contributed by atoms with van der Waals surface area (Å²) >= 11 is 7.37. The monoisotopic (exact) mass is 448 g/mol. The van der Waals surface area contributed by atoms with Gasteiger partial charge in [0.05, 0.1) is 36.5 Å². The quantitative estimate of drug-likeness (QED) is 0.416. The van der Waals surface area contributed by atoms with Crippen LogP contribution >= 0.6 is 34.8 Å². The fourth-order valence-corrected chi connectivity index (χ4v) is 3.55. The zero-order valence-electron chi connectivity index (χ0n) is 13.2. The molecule has 1 aromatic rings. The smallest absolute Gasteiger partial charge is 0.337 e. The van der Waals surface area contributed by atoms with Crippen LogP contribution in [0.3, 0.4) is 0 Å². The minimum atomic E-state index is -0.426. The zero-order chi connectivity index (χ0) is 17.1. The summed E-state index contributed by atoms with van der Waals surface area (Å²) in [5.74, 6) is 0.816. The van der Waals surface area contributed by atoms with Gasteiger partial charge in [-0.2, -0.15) is 0 Å². The minimum Gasteiger partial charge on any atom is -0.493 e. The average molecular weight is 448 g/mol. The largest absolute Gasteiger partial charge is 0.493 e. The topological polar surface area (TPSA) is 68.8 Å². The number of halogens is 1. The van der Waals surface area contributed by atoms with Crippen molar-refractivity contribution in [2.45, 2.75) is 13.0 Å². The Kier molecular flexibility index (Phi) is 5.69. The van der Waals surface area contributed by atoms with Gasteiger partial charge in [0.15, 0.2) is 16.6 Å². The summed E-state index contributed by atoms with van der Waals surface area (Å²) in [7, 11) is 4.51. The highest BCUT2D eigenvalue weighted by Crippen LogP contribution is 2.37. The Balaban J connectivity index is 2.58. The third-order valence-electron chi connectivity index (χ3n) is 3.46. The molecule has 0 amide bonds. The summed E-state index contributed by atoms with van der Waals surface area (Å²) in [5, 5.41) is 6.51. The third-order valence-corrected chi connectivity index (χ3v) is 4.48. The molecular weight excluding hydrogens is 431 g/mol. The molecule has 0 radical (unpaired) electrons. The van der Waals surface area contributed by atoms with Gasteiger partial charge in [-0.05, 0) is 59.4 Å². The highest BCUT2D eigenvalue weighted by molar-refractivity contribution is 14.1. The third kappa shape index (κ3) is 3.52. The van der Waals surface area contributed by atoms with E-state index < -0.39 is 12.0 Å². The van der Waals surface area contributed by atoms with Crippen LogP contribution < -0.4 is 20.1 Å². The standard InChI is InChI=1S/C15H17IN2O4S/c1-7-11(14(19)22-4)12(18-15(23)17-7)8-5-9(16)13(21-3)10(6-8)20-2/h5-6,12H,1-4H3,(H2,17,18,23). The number of methoxy groups -OCH3 is 3. The van der Waals surface area contributed by atoms with E-state index in [1.165, 1.54) is 7.11 Å². The minimum absolute atomic E-state index is 0.417. The maximum absolute atomic E-state index is 12.2. The van der Waals surface area contributed by atoms with Crippen LogP contribution in [0.4, 0.5) is 0 Å². The highest BCUT2D eigenvalue weighted by Gasteiger charge is 2.31. The summed E-state index contributed by atoms with van der Waals surface area (Å²) in [4.78, 5) is 12.2. The van der Waals surface area contributed by atoms with Crippen molar-refractivity contribution in [1.82, 2.24) is 10.6 Å². The number of thiocarbonyl (C=S) groups is 1. The lowest BCUT2D eigenvalue weighted by Crippen LogP contribution is -2.45. The van der Waals surface area contributed by atoms with Crippen molar-refractivity contribution in [3.8, 4) is 11.5 Å². The van der Waals surface area contributed by atoms with Crippen LogP contribution in [0.1, 0.15) is 18.5 Å². The van der Waals surface area contributed by atoms with Gasteiger partial charge in [0.1, 0.15) is 0 Å². The Morgan fingerprint density at radius 3 is 2.52 bits per heavy atom. The van der Waals surface area contributed by atoms with Gasteiger partial charge in [0, 0.05) is 5.70 Å². The van der Waals surface area contributed by atoms with Crippen molar-refractivity contribution in [2.24, 2.45) is 0 Å². The van der Waals surface area contributed by atoms with Crippen LogP contribution in [-0.4, -0.2) is 32.4 Å². The van der Waals surface area contributed by atoms with E-state index in [2.05, 4.69) is 33.2 Å². The number of ether oxygens (including phenoxy) is 3. The Labute approximate surface area is 153 Å². The highest BCUT2D eigenvalue weighted by atomic mass is 127. The normalized spacial score (nSPS) is 17.3. The molecule has 0 bridgehead atoms. The second-order valence-corrected chi connectivity index (χ2v) is 6.37. The van der Waals surface area contributed by atoms with E-state index >= 15 is 0 Å². The molecule has 0 saturated heterocycles. The number of hydrogen-bond donors (Lipinski definition) is 2. The number of hydrogen-bond acceptors (Lipinski definition) is 5. The van der Waals surface area contributed by atoms with Gasteiger partial charge in [0.25, 0.3) is 0 Å². The van der Waals surface area contributed by atoms with Crippen LogP contribution in [0.15, 0.2) is 23.4 Å². The number of nitrogens with one attached hydrogen (secondary N) is 2. The number of esters is 1. The van der Waals surface area contributed by atoms with E-state index in [0.717, 1.165) is 9.13 Å². The van der Waals surface area contributed by atoms with Gasteiger partial charge in [-0.25, -0.2) is 4.79 Å².